The summed E-state index contributed by atoms with van der Waals surface area (Å²) in [4.78, 5) is 26.7. The maximum atomic E-state index is 12.4. The Balaban J connectivity index is 1.47. The number of carbonyl (C=O) groups excluding carboxylic acids is 1. The number of carbonyl (C=O) groups is 1. The number of nitrogens with one attached hydrogen (secondary N) is 1. The molecule has 0 saturated carbocycles. The van der Waals surface area contributed by atoms with E-state index in [2.05, 4.69) is 27.1 Å². The maximum Gasteiger partial charge on any atom is 0.251 e. The van der Waals surface area contributed by atoms with E-state index >= 15 is 0 Å². The van der Waals surface area contributed by atoms with Crippen molar-refractivity contribution in [1.29, 1.82) is 0 Å². The molecule has 3 heterocycles. The van der Waals surface area contributed by atoms with Crippen molar-refractivity contribution >= 4 is 23.2 Å². The molecule has 2 fully saturated rings. The van der Waals surface area contributed by atoms with E-state index < -0.39 is 0 Å². The molecule has 7 nitrogen and oxygen atoms in total. The van der Waals surface area contributed by atoms with Gasteiger partial charge < -0.3 is 19.9 Å². The molecule has 0 spiro atoms. The van der Waals surface area contributed by atoms with E-state index in [-0.39, 0.29) is 12.0 Å². The van der Waals surface area contributed by atoms with Crippen LogP contribution in [0.25, 0.3) is 0 Å². The van der Waals surface area contributed by atoms with Crippen molar-refractivity contribution in [3.8, 4) is 0 Å². The van der Waals surface area contributed by atoms with Crippen molar-refractivity contribution in [2.24, 2.45) is 4.99 Å². The Labute approximate surface area is 153 Å². The van der Waals surface area contributed by atoms with Gasteiger partial charge in [-0.2, -0.15) is 0 Å². The molecule has 2 aliphatic rings. The van der Waals surface area contributed by atoms with Crippen LogP contribution < -0.4 is 5.32 Å². The summed E-state index contributed by atoms with van der Waals surface area (Å²) in [6.07, 6.45) is 4.59. The summed E-state index contributed by atoms with van der Waals surface area (Å²) in [5.74, 6) is 1.02. The largest absolute Gasteiger partial charge is 0.368 e. The topological polar surface area (TPSA) is 70.1 Å². The third-order valence-corrected chi connectivity index (χ3v) is 5.80. The molecule has 138 valence electrons. The number of aliphatic imine (C=N–C) groups is 1. The molecule has 1 amide bonds. The van der Waals surface area contributed by atoms with Gasteiger partial charge in [-0.05, 0) is 19.3 Å². The van der Waals surface area contributed by atoms with Gasteiger partial charge in [-0.1, -0.05) is 6.92 Å². The number of rotatable bonds is 4. The average Bonchev–Trinajstić information content (AvgIpc) is 3.34. The lowest BCUT2D eigenvalue weighted by Gasteiger charge is -2.37. The first-order chi connectivity index (χ1) is 12.2. The number of nitrogens with zero attached hydrogens (tertiary/aromatic N) is 4. The van der Waals surface area contributed by atoms with Gasteiger partial charge in [-0.3, -0.25) is 9.79 Å². The summed E-state index contributed by atoms with van der Waals surface area (Å²) in [6, 6.07) is 0. The fraction of sp³-hybridized carbons (Fsp3) is 0.706. The number of hydrogen-bond acceptors (Lipinski definition) is 5. The van der Waals surface area contributed by atoms with E-state index in [1.807, 2.05) is 11.1 Å². The molecule has 1 aromatic heterocycles. The van der Waals surface area contributed by atoms with Crippen LogP contribution in [0.2, 0.25) is 0 Å². The van der Waals surface area contributed by atoms with Crippen molar-refractivity contribution in [2.75, 3.05) is 39.8 Å². The van der Waals surface area contributed by atoms with Gasteiger partial charge in [0.15, 0.2) is 5.96 Å². The summed E-state index contributed by atoms with van der Waals surface area (Å²) in [6.45, 7) is 6.55. The molecule has 0 bridgehead atoms. The van der Waals surface area contributed by atoms with Crippen molar-refractivity contribution in [3.05, 3.63) is 16.1 Å². The lowest BCUT2D eigenvalue weighted by Crippen LogP contribution is -2.55. The highest BCUT2D eigenvalue weighted by atomic mass is 32.1. The van der Waals surface area contributed by atoms with E-state index in [1.54, 1.807) is 18.4 Å². The second-order valence-corrected chi connectivity index (χ2v) is 7.49. The molecule has 0 aliphatic carbocycles. The number of thiazole rings is 1. The van der Waals surface area contributed by atoms with Gasteiger partial charge >= 0.3 is 0 Å². The van der Waals surface area contributed by atoms with Gasteiger partial charge in [-0.15, -0.1) is 11.3 Å². The van der Waals surface area contributed by atoms with Crippen LogP contribution in [0.15, 0.2) is 11.2 Å². The van der Waals surface area contributed by atoms with E-state index in [4.69, 9.17) is 4.74 Å². The molecule has 1 unspecified atom stereocenters. The van der Waals surface area contributed by atoms with Gasteiger partial charge in [0.2, 0.25) is 0 Å². The van der Waals surface area contributed by atoms with Crippen LogP contribution in [0, 0.1) is 0 Å². The van der Waals surface area contributed by atoms with Crippen molar-refractivity contribution in [1.82, 2.24) is 20.1 Å². The zero-order valence-electron chi connectivity index (χ0n) is 15.0. The van der Waals surface area contributed by atoms with E-state index in [0.29, 0.717) is 13.2 Å². The summed E-state index contributed by atoms with van der Waals surface area (Å²) < 4.78 is 5.52. The van der Waals surface area contributed by atoms with Crippen molar-refractivity contribution in [2.45, 2.75) is 38.8 Å². The highest BCUT2D eigenvalue weighted by Gasteiger charge is 2.30. The van der Waals surface area contributed by atoms with Crippen LogP contribution in [0.3, 0.4) is 0 Å². The first-order valence-corrected chi connectivity index (χ1v) is 9.82. The van der Waals surface area contributed by atoms with Crippen LogP contribution in [0.1, 0.15) is 29.7 Å². The number of hydrogen-bond donors (Lipinski definition) is 1. The van der Waals surface area contributed by atoms with Gasteiger partial charge in [-0.25, -0.2) is 4.98 Å². The van der Waals surface area contributed by atoms with Gasteiger partial charge in [0.05, 0.1) is 6.54 Å². The molecule has 0 aromatic carbocycles. The second-order valence-electron chi connectivity index (χ2n) is 6.29. The number of ether oxygens (including phenoxy) is 1. The van der Waals surface area contributed by atoms with Crippen molar-refractivity contribution in [3.63, 3.8) is 0 Å². The Kier molecular flexibility index (Phi) is 6.25. The molecule has 1 N–H and O–H groups in total. The average molecular weight is 366 g/mol. The van der Waals surface area contributed by atoms with Crippen LogP contribution in [-0.4, -0.2) is 72.6 Å². The molecular weight excluding hydrogens is 338 g/mol. The van der Waals surface area contributed by atoms with Crippen LogP contribution >= 0.6 is 11.3 Å². The SMILES string of the molecule is CCc1cnc(CNC(=NC)N2CCN(C(=O)C3CCCO3)CC2)s1. The molecule has 3 rings (SSSR count). The molecule has 1 atom stereocenters. The third-order valence-electron chi connectivity index (χ3n) is 4.66. The van der Waals surface area contributed by atoms with Crippen LogP contribution in [-0.2, 0) is 22.5 Å². The Morgan fingerprint density at radius 3 is 2.76 bits per heavy atom. The highest BCUT2D eigenvalue weighted by Crippen LogP contribution is 2.16. The molecule has 2 aliphatic heterocycles. The standard InChI is InChI=1S/C17H27N5O2S/c1-3-13-11-19-15(25-13)12-20-17(18-2)22-8-6-21(7-9-22)16(23)14-5-4-10-24-14/h11,14H,3-10,12H2,1-2H3,(H,18,20). The highest BCUT2D eigenvalue weighted by molar-refractivity contribution is 7.11. The smallest absolute Gasteiger partial charge is 0.251 e. The number of piperazine rings is 1. The van der Waals surface area contributed by atoms with Gasteiger partial charge in [0, 0.05) is 50.9 Å². The number of aromatic nitrogens is 1. The fourth-order valence-electron chi connectivity index (χ4n) is 3.19. The maximum absolute atomic E-state index is 12.4. The van der Waals surface area contributed by atoms with Gasteiger partial charge in [0.1, 0.15) is 11.1 Å². The summed E-state index contributed by atoms with van der Waals surface area (Å²) in [5, 5.41) is 4.46. The minimum atomic E-state index is -0.221. The molecule has 1 aromatic rings. The molecule has 8 heteroatoms. The van der Waals surface area contributed by atoms with Crippen LogP contribution in [0.5, 0.6) is 0 Å². The molecular formula is C17H27N5O2S. The Hall–Kier alpha value is -1.67. The normalized spacial score (nSPS) is 21.7. The van der Waals surface area contributed by atoms with E-state index in [1.165, 1.54) is 4.88 Å². The third kappa shape index (κ3) is 4.49. The first-order valence-electron chi connectivity index (χ1n) is 9.00. The minimum Gasteiger partial charge on any atom is -0.368 e. The summed E-state index contributed by atoms with van der Waals surface area (Å²) in [7, 11) is 1.80. The summed E-state index contributed by atoms with van der Waals surface area (Å²) >= 11 is 1.74. The zero-order chi connectivity index (χ0) is 17.6. The molecule has 2 saturated heterocycles. The Morgan fingerprint density at radius 1 is 1.40 bits per heavy atom. The minimum absolute atomic E-state index is 0.148. The first kappa shape index (κ1) is 18.1. The quantitative estimate of drug-likeness (QED) is 0.639. The molecule has 25 heavy (non-hydrogen) atoms. The number of aryl methyl sites for hydroxylation is 1. The Morgan fingerprint density at radius 2 is 2.16 bits per heavy atom. The summed E-state index contributed by atoms with van der Waals surface area (Å²) in [5.41, 5.74) is 0. The predicted octanol–water partition coefficient (Wildman–Crippen LogP) is 1.10. The van der Waals surface area contributed by atoms with Crippen LogP contribution in [0.4, 0.5) is 0 Å². The van der Waals surface area contributed by atoms with E-state index in [0.717, 1.165) is 56.4 Å². The lowest BCUT2D eigenvalue weighted by atomic mass is 10.2. The van der Waals surface area contributed by atoms with Crippen molar-refractivity contribution < 1.29 is 9.53 Å². The number of guanidine groups is 1. The zero-order valence-corrected chi connectivity index (χ0v) is 15.8. The van der Waals surface area contributed by atoms with E-state index in [9.17, 15) is 4.79 Å². The second kappa shape index (κ2) is 8.62. The monoisotopic (exact) mass is 365 g/mol. The fourth-order valence-corrected chi connectivity index (χ4v) is 4.00. The number of amides is 1. The molecule has 0 radical (unpaired) electrons. The lowest BCUT2D eigenvalue weighted by molar-refractivity contribution is -0.142. The predicted molar refractivity (Wildman–Crippen MR) is 98.8 cm³/mol. The Bertz CT molecular complexity index is 604. The van der Waals surface area contributed by atoms with Gasteiger partial charge in [0.25, 0.3) is 5.91 Å².